The molecule has 0 saturated carbocycles. The molecule has 0 aromatic heterocycles. The molecule has 0 aliphatic carbocycles. The van der Waals surface area contributed by atoms with E-state index in [1.807, 2.05) is 6.92 Å². The molecule has 94 valence electrons. The maximum absolute atomic E-state index is 9.31. The minimum Gasteiger partial charge on any atom is -0.508 e. The Kier molecular flexibility index (Phi) is 3.77. The Morgan fingerprint density at radius 1 is 1.16 bits per heavy atom. The second kappa shape index (κ2) is 5.33. The van der Waals surface area contributed by atoms with E-state index in [-0.39, 0.29) is 9.67 Å². The summed E-state index contributed by atoms with van der Waals surface area (Å²) in [6.45, 7) is 1.82. The molecule has 19 heavy (non-hydrogen) atoms. The van der Waals surface area contributed by atoms with Crippen molar-refractivity contribution >= 4 is 28.3 Å². The van der Waals surface area contributed by atoms with E-state index < -0.39 is 0 Å². The molecule has 0 bridgehead atoms. The Morgan fingerprint density at radius 2 is 1.74 bits per heavy atom. The third-order valence-electron chi connectivity index (χ3n) is 2.89. The number of nitrogens with one attached hydrogen (secondary N) is 1. The number of halogens is 1. The van der Waals surface area contributed by atoms with Gasteiger partial charge in [-0.05, 0) is 36.8 Å². The number of aromatic hydroxyl groups is 1. The van der Waals surface area contributed by atoms with Crippen LogP contribution in [0.1, 0.15) is 12.5 Å². The maximum Gasteiger partial charge on any atom is 0.115 e. The monoisotopic (exact) mass is 363 g/mol. The lowest BCUT2D eigenvalue weighted by atomic mass is 9.96. The zero-order valence-corrected chi connectivity index (χ0v) is 12.3. The Labute approximate surface area is 124 Å². The van der Waals surface area contributed by atoms with Crippen molar-refractivity contribution in [3.8, 4) is 17.9 Å². The van der Waals surface area contributed by atoms with Crippen molar-refractivity contribution in [2.75, 3.05) is 0 Å². The van der Waals surface area contributed by atoms with Crippen molar-refractivity contribution in [2.45, 2.75) is 10.8 Å². The molecule has 1 aromatic rings. The molecule has 5 heteroatoms. The van der Waals surface area contributed by atoms with Gasteiger partial charge in [-0.1, -0.05) is 22.6 Å². The highest BCUT2D eigenvalue weighted by molar-refractivity contribution is 14.1. The van der Waals surface area contributed by atoms with Crippen LogP contribution >= 0.6 is 22.6 Å². The number of phenolic OH excluding ortho intramolecular Hbond substituents is 1. The van der Waals surface area contributed by atoms with Crippen LogP contribution in [0.2, 0.25) is 0 Å². The van der Waals surface area contributed by atoms with Crippen molar-refractivity contribution < 1.29 is 5.11 Å². The van der Waals surface area contributed by atoms with Crippen LogP contribution < -0.4 is 5.32 Å². The van der Waals surface area contributed by atoms with Gasteiger partial charge in [0, 0.05) is 5.70 Å². The zero-order chi connectivity index (χ0) is 14.0. The maximum atomic E-state index is 9.31. The number of nitriles is 2. The highest BCUT2D eigenvalue weighted by Gasteiger charge is 2.27. The van der Waals surface area contributed by atoms with Gasteiger partial charge in [-0.2, -0.15) is 10.5 Å². The number of hydrogen-bond acceptors (Lipinski definition) is 4. The van der Waals surface area contributed by atoms with Gasteiger partial charge in [0.15, 0.2) is 0 Å². The first kappa shape index (κ1) is 13.4. The molecule has 1 aromatic carbocycles. The minimum absolute atomic E-state index is 0.176. The van der Waals surface area contributed by atoms with Crippen molar-refractivity contribution in [2.24, 2.45) is 0 Å². The number of rotatable bonds is 1. The van der Waals surface area contributed by atoms with E-state index in [4.69, 9.17) is 5.26 Å². The SMILES string of the molecule is CC1=C(C#N)C(I)C(C#N)=C(c2ccc(O)cc2)N1. The molecule has 0 radical (unpaired) electrons. The molecule has 0 fully saturated rings. The van der Waals surface area contributed by atoms with E-state index in [0.29, 0.717) is 16.8 Å². The molecule has 0 spiro atoms. The van der Waals surface area contributed by atoms with Crippen molar-refractivity contribution in [1.82, 2.24) is 5.32 Å². The van der Waals surface area contributed by atoms with Crippen LogP contribution in [0.4, 0.5) is 0 Å². The summed E-state index contributed by atoms with van der Waals surface area (Å²) >= 11 is 2.09. The molecule has 4 nitrogen and oxygen atoms in total. The summed E-state index contributed by atoms with van der Waals surface area (Å²) in [7, 11) is 0. The fraction of sp³-hybridized carbons (Fsp3) is 0.143. The summed E-state index contributed by atoms with van der Waals surface area (Å²) < 4.78 is -0.252. The summed E-state index contributed by atoms with van der Waals surface area (Å²) in [5.41, 5.74) is 3.35. The van der Waals surface area contributed by atoms with Crippen molar-refractivity contribution in [3.05, 3.63) is 46.7 Å². The van der Waals surface area contributed by atoms with Crippen LogP contribution in [-0.4, -0.2) is 9.03 Å². The predicted octanol–water partition coefficient (Wildman–Crippen LogP) is 2.83. The number of phenols is 1. The summed E-state index contributed by atoms with van der Waals surface area (Å²) in [4.78, 5) is 0. The Morgan fingerprint density at radius 3 is 2.26 bits per heavy atom. The van der Waals surface area contributed by atoms with Crippen molar-refractivity contribution in [1.29, 1.82) is 10.5 Å². The lowest BCUT2D eigenvalue weighted by Gasteiger charge is -2.24. The summed E-state index contributed by atoms with van der Waals surface area (Å²) in [5.74, 6) is 0.176. The quantitative estimate of drug-likeness (QED) is 0.594. The molecular formula is C14H10IN3O. The van der Waals surface area contributed by atoms with E-state index in [1.165, 1.54) is 0 Å². The molecule has 1 unspecified atom stereocenters. The third kappa shape index (κ3) is 2.42. The lowest BCUT2D eigenvalue weighted by molar-refractivity contribution is 0.475. The average Bonchev–Trinajstić information content (AvgIpc) is 2.39. The van der Waals surface area contributed by atoms with Gasteiger partial charge in [-0.25, -0.2) is 0 Å². The fourth-order valence-electron chi connectivity index (χ4n) is 1.89. The lowest BCUT2D eigenvalue weighted by Crippen LogP contribution is -2.24. The van der Waals surface area contributed by atoms with E-state index in [1.54, 1.807) is 24.3 Å². The van der Waals surface area contributed by atoms with Crippen LogP contribution in [0.25, 0.3) is 5.70 Å². The Hall–Kier alpha value is -1.99. The first-order valence-corrected chi connectivity index (χ1v) is 6.78. The van der Waals surface area contributed by atoms with E-state index in [0.717, 1.165) is 11.3 Å². The summed E-state index contributed by atoms with van der Waals surface area (Å²) in [5, 5.41) is 30.9. The van der Waals surface area contributed by atoms with Gasteiger partial charge in [0.1, 0.15) is 5.75 Å². The second-order valence-electron chi connectivity index (χ2n) is 4.09. The molecular weight excluding hydrogens is 353 g/mol. The van der Waals surface area contributed by atoms with Crippen LogP contribution in [-0.2, 0) is 0 Å². The normalized spacial score (nSPS) is 18.6. The molecule has 1 aliphatic heterocycles. The van der Waals surface area contributed by atoms with E-state index >= 15 is 0 Å². The number of allylic oxidation sites excluding steroid dienone is 3. The van der Waals surface area contributed by atoms with Gasteiger partial charge in [-0.3, -0.25) is 0 Å². The smallest absolute Gasteiger partial charge is 0.115 e. The van der Waals surface area contributed by atoms with Gasteiger partial charge in [0.05, 0.1) is 32.9 Å². The third-order valence-corrected chi connectivity index (χ3v) is 4.14. The van der Waals surface area contributed by atoms with Crippen molar-refractivity contribution in [3.63, 3.8) is 0 Å². The minimum atomic E-state index is -0.252. The molecule has 2 N–H and O–H groups in total. The first-order chi connectivity index (χ1) is 9.08. The van der Waals surface area contributed by atoms with Crippen LogP contribution in [0.15, 0.2) is 41.1 Å². The molecule has 0 amide bonds. The molecule has 1 heterocycles. The first-order valence-electron chi connectivity index (χ1n) is 5.54. The van der Waals surface area contributed by atoms with Crippen LogP contribution in [0.3, 0.4) is 0 Å². The largest absolute Gasteiger partial charge is 0.508 e. The average molecular weight is 363 g/mol. The molecule has 2 rings (SSSR count). The van der Waals surface area contributed by atoms with Gasteiger partial charge in [-0.15, -0.1) is 0 Å². The number of nitrogens with zero attached hydrogens (tertiary/aromatic N) is 2. The van der Waals surface area contributed by atoms with E-state index in [9.17, 15) is 10.4 Å². The van der Waals surface area contributed by atoms with Gasteiger partial charge in [0.25, 0.3) is 0 Å². The predicted molar refractivity (Wildman–Crippen MR) is 79.9 cm³/mol. The summed E-state index contributed by atoms with van der Waals surface area (Å²) in [6.07, 6.45) is 0. The number of alkyl halides is 1. The summed E-state index contributed by atoms with van der Waals surface area (Å²) in [6, 6.07) is 10.9. The molecule has 1 atom stereocenters. The van der Waals surface area contributed by atoms with Crippen LogP contribution in [0, 0.1) is 22.7 Å². The van der Waals surface area contributed by atoms with Gasteiger partial charge < -0.3 is 10.4 Å². The standard InChI is InChI=1S/C14H10IN3O/c1-8-11(6-16)13(15)12(7-17)14(18-8)9-2-4-10(19)5-3-9/h2-5,13,18-19H,1H3. The fourth-order valence-corrected chi connectivity index (χ4v) is 2.95. The van der Waals surface area contributed by atoms with Crippen LogP contribution in [0.5, 0.6) is 5.75 Å². The molecule has 0 saturated heterocycles. The van der Waals surface area contributed by atoms with E-state index in [2.05, 4.69) is 40.0 Å². The molecule has 1 aliphatic rings. The number of dihydropyridines is 1. The Balaban J connectivity index is 2.54. The number of benzene rings is 1. The highest BCUT2D eigenvalue weighted by Crippen LogP contribution is 2.33. The number of hydrogen-bond donors (Lipinski definition) is 2. The second-order valence-corrected chi connectivity index (χ2v) is 5.33. The zero-order valence-electron chi connectivity index (χ0n) is 10.1. The Bertz CT molecular complexity index is 659. The highest BCUT2D eigenvalue weighted by atomic mass is 127. The van der Waals surface area contributed by atoms with Gasteiger partial charge in [0.2, 0.25) is 0 Å². The topological polar surface area (TPSA) is 79.8 Å². The van der Waals surface area contributed by atoms with Gasteiger partial charge >= 0.3 is 0 Å².